The van der Waals surface area contributed by atoms with Crippen LogP contribution in [0.15, 0.2) is 102 Å². The highest BCUT2D eigenvalue weighted by Gasteiger charge is 2.38. The van der Waals surface area contributed by atoms with Crippen LogP contribution in [0.25, 0.3) is 10.8 Å². The maximum atomic E-state index is 13.4. The second kappa shape index (κ2) is 10.6. The van der Waals surface area contributed by atoms with Gasteiger partial charge in [0.25, 0.3) is 5.91 Å². The first-order valence-corrected chi connectivity index (χ1v) is 12.2. The van der Waals surface area contributed by atoms with Crippen LogP contribution in [0.1, 0.15) is 29.5 Å². The van der Waals surface area contributed by atoms with Crippen LogP contribution >= 0.6 is 0 Å². The van der Waals surface area contributed by atoms with Crippen molar-refractivity contribution in [3.05, 3.63) is 119 Å². The molecule has 0 fully saturated rings. The highest BCUT2D eigenvalue weighted by molar-refractivity contribution is 5.97. The number of benzene rings is 4. The largest absolute Gasteiger partial charge is 0.484 e. The van der Waals surface area contributed by atoms with Gasteiger partial charge >= 0.3 is 5.97 Å². The standard InChI is InChI=1S/C31H27NO5/c1-3-35-31(34)29-27(22-12-5-4-6-13-22)28-24-15-8-7-11-21(24)16-17-25(28)37-30(29)32-26(33)19-36-23-14-9-10-20(2)18-23/h4-18,27H,3,19H2,1-2H3,(H,32,33). The summed E-state index contributed by atoms with van der Waals surface area (Å²) in [7, 11) is 0. The molecular formula is C31H27NO5. The summed E-state index contributed by atoms with van der Waals surface area (Å²) in [5.74, 6) is -0.316. The Hall–Kier alpha value is -4.58. The zero-order chi connectivity index (χ0) is 25.8. The van der Waals surface area contributed by atoms with Crippen LogP contribution in [0.2, 0.25) is 0 Å². The van der Waals surface area contributed by atoms with E-state index >= 15 is 0 Å². The summed E-state index contributed by atoms with van der Waals surface area (Å²) in [6, 6.07) is 28.9. The van der Waals surface area contributed by atoms with Crippen LogP contribution in [-0.4, -0.2) is 25.1 Å². The lowest BCUT2D eigenvalue weighted by Crippen LogP contribution is -2.36. The molecule has 1 amide bonds. The summed E-state index contributed by atoms with van der Waals surface area (Å²) in [6.07, 6.45) is 0. The van der Waals surface area contributed by atoms with Gasteiger partial charge in [0.15, 0.2) is 6.61 Å². The van der Waals surface area contributed by atoms with Gasteiger partial charge in [0.05, 0.1) is 12.5 Å². The summed E-state index contributed by atoms with van der Waals surface area (Å²) in [6.45, 7) is 3.64. The van der Waals surface area contributed by atoms with Crippen molar-refractivity contribution >= 4 is 22.6 Å². The zero-order valence-corrected chi connectivity index (χ0v) is 20.7. The Morgan fingerprint density at radius 2 is 1.70 bits per heavy atom. The van der Waals surface area contributed by atoms with Gasteiger partial charge in [0.2, 0.25) is 5.88 Å². The lowest BCUT2D eigenvalue weighted by molar-refractivity contribution is -0.139. The van der Waals surface area contributed by atoms with Gasteiger partial charge in [0.1, 0.15) is 17.1 Å². The minimum atomic E-state index is -0.551. The van der Waals surface area contributed by atoms with Crippen molar-refractivity contribution in [2.24, 2.45) is 0 Å². The molecule has 1 heterocycles. The van der Waals surface area contributed by atoms with Crippen molar-refractivity contribution in [3.63, 3.8) is 0 Å². The highest BCUT2D eigenvalue weighted by atomic mass is 16.5. The predicted octanol–water partition coefficient (Wildman–Crippen LogP) is 5.64. The Morgan fingerprint density at radius 1 is 0.919 bits per heavy atom. The van der Waals surface area contributed by atoms with E-state index in [-0.39, 0.29) is 24.7 Å². The fourth-order valence-electron chi connectivity index (χ4n) is 4.61. The van der Waals surface area contributed by atoms with Gasteiger partial charge in [-0.2, -0.15) is 0 Å². The molecule has 1 unspecified atom stereocenters. The Bertz CT molecular complexity index is 1490. The van der Waals surface area contributed by atoms with E-state index in [0.717, 1.165) is 27.5 Å². The van der Waals surface area contributed by atoms with Crippen LogP contribution in [0, 0.1) is 6.92 Å². The van der Waals surface area contributed by atoms with E-state index in [1.165, 1.54) is 0 Å². The third-order valence-electron chi connectivity index (χ3n) is 6.21. The number of esters is 1. The first-order valence-electron chi connectivity index (χ1n) is 12.2. The number of fused-ring (bicyclic) bond motifs is 3. The Kier molecular flexibility index (Phi) is 6.90. The fourth-order valence-corrected chi connectivity index (χ4v) is 4.61. The first kappa shape index (κ1) is 24.1. The third-order valence-corrected chi connectivity index (χ3v) is 6.21. The van der Waals surface area contributed by atoms with E-state index in [9.17, 15) is 9.59 Å². The number of hydrogen-bond donors (Lipinski definition) is 1. The Morgan fingerprint density at radius 3 is 2.49 bits per heavy atom. The summed E-state index contributed by atoms with van der Waals surface area (Å²) in [5, 5.41) is 4.76. The maximum Gasteiger partial charge on any atom is 0.340 e. The molecule has 0 radical (unpaired) electrons. The van der Waals surface area contributed by atoms with Crippen LogP contribution in [0.4, 0.5) is 0 Å². The van der Waals surface area contributed by atoms with Gasteiger partial charge in [-0.1, -0.05) is 72.8 Å². The normalized spacial score (nSPS) is 14.5. The lowest BCUT2D eigenvalue weighted by Gasteiger charge is -2.31. The summed E-state index contributed by atoms with van der Waals surface area (Å²) < 4.78 is 17.3. The van der Waals surface area contributed by atoms with E-state index in [2.05, 4.69) is 5.32 Å². The number of carbonyl (C=O) groups is 2. The highest BCUT2D eigenvalue weighted by Crippen LogP contribution is 2.46. The molecule has 1 N–H and O–H groups in total. The molecule has 4 aromatic carbocycles. The van der Waals surface area contributed by atoms with Gasteiger partial charge < -0.3 is 14.2 Å². The van der Waals surface area contributed by atoms with Crippen LogP contribution in [-0.2, 0) is 14.3 Å². The smallest absolute Gasteiger partial charge is 0.340 e. The van der Waals surface area contributed by atoms with Gasteiger partial charge in [-0.15, -0.1) is 0 Å². The van der Waals surface area contributed by atoms with E-state index in [0.29, 0.717) is 11.5 Å². The summed E-state index contributed by atoms with van der Waals surface area (Å²) >= 11 is 0. The minimum absolute atomic E-state index is 0.0490. The van der Waals surface area contributed by atoms with Crippen LogP contribution in [0.5, 0.6) is 11.5 Å². The fraction of sp³-hybridized carbons (Fsp3) is 0.161. The molecule has 4 aromatic rings. The second-order valence-corrected chi connectivity index (χ2v) is 8.76. The third kappa shape index (κ3) is 5.05. The predicted molar refractivity (Wildman–Crippen MR) is 141 cm³/mol. The monoisotopic (exact) mass is 493 g/mol. The van der Waals surface area contributed by atoms with Crippen molar-refractivity contribution in [1.29, 1.82) is 0 Å². The topological polar surface area (TPSA) is 73.9 Å². The van der Waals surface area contributed by atoms with Crippen molar-refractivity contribution in [1.82, 2.24) is 5.32 Å². The van der Waals surface area contributed by atoms with Gasteiger partial charge in [-0.05, 0) is 53.9 Å². The quantitative estimate of drug-likeness (QED) is 0.337. The molecule has 0 aromatic heterocycles. The molecule has 0 spiro atoms. The molecule has 0 aliphatic carbocycles. The number of rotatable bonds is 7. The van der Waals surface area contributed by atoms with Crippen LogP contribution < -0.4 is 14.8 Å². The SMILES string of the molecule is CCOC(=O)C1=C(NC(=O)COc2cccc(C)c2)Oc2ccc3ccccc3c2C1c1ccccc1. The molecule has 6 heteroatoms. The van der Waals surface area contributed by atoms with Gasteiger partial charge in [0, 0.05) is 5.56 Å². The zero-order valence-electron chi connectivity index (χ0n) is 20.7. The lowest BCUT2D eigenvalue weighted by atomic mass is 9.80. The van der Waals surface area contributed by atoms with E-state index in [1.54, 1.807) is 13.0 Å². The van der Waals surface area contributed by atoms with Crippen molar-refractivity contribution in [3.8, 4) is 11.5 Å². The minimum Gasteiger partial charge on any atom is -0.484 e. The summed E-state index contributed by atoms with van der Waals surface area (Å²) in [4.78, 5) is 26.4. The van der Waals surface area contributed by atoms with Crippen molar-refractivity contribution < 1.29 is 23.8 Å². The first-order chi connectivity index (χ1) is 18.0. The molecule has 5 rings (SSSR count). The summed E-state index contributed by atoms with van der Waals surface area (Å²) in [5.41, 5.74) is 2.99. The number of ether oxygens (including phenoxy) is 3. The maximum absolute atomic E-state index is 13.4. The molecule has 1 aliphatic heterocycles. The molecule has 0 bridgehead atoms. The number of aryl methyl sites for hydroxylation is 1. The van der Waals surface area contributed by atoms with Gasteiger partial charge in [-0.3, -0.25) is 10.1 Å². The Balaban J connectivity index is 1.58. The molecule has 1 aliphatic rings. The van der Waals surface area contributed by atoms with E-state index < -0.39 is 17.8 Å². The average Bonchev–Trinajstić information content (AvgIpc) is 2.91. The number of amides is 1. The number of carbonyl (C=O) groups excluding carboxylic acids is 2. The molecule has 1 atom stereocenters. The second-order valence-electron chi connectivity index (χ2n) is 8.76. The molecule has 37 heavy (non-hydrogen) atoms. The number of nitrogens with one attached hydrogen (secondary N) is 1. The van der Waals surface area contributed by atoms with Crippen molar-refractivity contribution in [2.75, 3.05) is 13.2 Å². The molecule has 0 saturated heterocycles. The molecular weight excluding hydrogens is 466 g/mol. The van der Waals surface area contributed by atoms with E-state index in [1.807, 2.05) is 91.9 Å². The van der Waals surface area contributed by atoms with Gasteiger partial charge in [-0.25, -0.2) is 4.79 Å². The Labute approximate surface area is 215 Å². The molecule has 0 saturated carbocycles. The molecule has 186 valence electrons. The average molecular weight is 494 g/mol. The van der Waals surface area contributed by atoms with Crippen molar-refractivity contribution in [2.45, 2.75) is 19.8 Å². The van der Waals surface area contributed by atoms with E-state index in [4.69, 9.17) is 14.2 Å². The number of hydrogen-bond acceptors (Lipinski definition) is 5. The van der Waals surface area contributed by atoms with Crippen LogP contribution in [0.3, 0.4) is 0 Å². The molecule has 6 nitrogen and oxygen atoms in total.